The number of thioether (sulfide) groups is 1. The monoisotopic (exact) mass is 166 g/mol. The first-order chi connectivity index (χ1) is 5.38. The van der Waals surface area contributed by atoms with Crippen LogP contribution in [0.3, 0.4) is 0 Å². The Balaban J connectivity index is 2.83. The van der Waals surface area contributed by atoms with Crippen LogP contribution in [0.4, 0.5) is 0 Å². The summed E-state index contributed by atoms with van der Waals surface area (Å²) in [5.41, 5.74) is 1.47. The first kappa shape index (κ1) is 8.66. The van der Waals surface area contributed by atoms with Crippen LogP contribution in [0.2, 0.25) is 0 Å². The molecule has 0 spiro atoms. The molecule has 0 bridgehead atoms. The van der Waals surface area contributed by atoms with Gasteiger partial charge in [-0.2, -0.15) is 0 Å². The van der Waals surface area contributed by atoms with Gasteiger partial charge in [-0.3, -0.25) is 0 Å². The Kier molecular flexibility index (Phi) is 3.50. The van der Waals surface area contributed by atoms with E-state index in [1.165, 1.54) is 10.5 Å². The van der Waals surface area contributed by atoms with E-state index in [1.54, 1.807) is 0 Å². The standard InChI is InChI=1S/C10H14S/c1-3-9-7-5-6-8-10(9)11-4-2/h5-8H,3-4H2,1-2H3. The van der Waals surface area contributed by atoms with Gasteiger partial charge < -0.3 is 0 Å². The highest BCUT2D eigenvalue weighted by molar-refractivity contribution is 7.99. The van der Waals surface area contributed by atoms with E-state index in [0.29, 0.717) is 0 Å². The maximum atomic E-state index is 2.21. The van der Waals surface area contributed by atoms with Gasteiger partial charge in [-0.15, -0.1) is 11.8 Å². The fraction of sp³-hybridized carbons (Fsp3) is 0.400. The quantitative estimate of drug-likeness (QED) is 0.620. The smallest absolute Gasteiger partial charge is 0.0104 e. The van der Waals surface area contributed by atoms with Crippen molar-refractivity contribution in [2.75, 3.05) is 5.75 Å². The lowest BCUT2D eigenvalue weighted by atomic mass is 10.2. The molecule has 1 rings (SSSR count). The van der Waals surface area contributed by atoms with Gasteiger partial charge in [0, 0.05) is 4.90 Å². The van der Waals surface area contributed by atoms with E-state index < -0.39 is 0 Å². The van der Waals surface area contributed by atoms with Crippen LogP contribution in [0, 0.1) is 0 Å². The van der Waals surface area contributed by atoms with Gasteiger partial charge in [0.25, 0.3) is 0 Å². The van der Waals surface area contributed by atoms with Crippen molar-refractivity contribution in [2.24, 2.45) is 0 Å². The van der Waals surface area contributed by atoms with Gasteiger partial charge in [0.1, 0.15) is 0 Å². The van der Waals surface area contributed by atoms with Crippen molar-refractivity contribution < 1.29 is 0 Å². The summed E-state index contributed by atoms with van der Waals surface area (Å²) < 4.78 is 0. The molecule has 0 saturated carbocycles. The third kappa shape index (κ3) is 2.26. The topological polar surface area (TPSA) is 0 Å². The largest absolute Gasteiger partial charge is 0.126 e. The Morgan fingerprint density at radius 2 is 1.91 bits per heavy atom. The average Bonchev–Trinajstić information content (AvgIpc) is 2.06. The highest BCUT2D eigenvalue weighted by atomic mass is 32.2. The Morgan fingerprint density at radius 1 is 1.18 bits per heavy atom. The minimum absolute atomic E-state index is 1.14. The molecule has 1 aromatic carbocycles. The number of benzene rings is 1. The Morgan fingerprint density at radius 3 is 2.55 bits per heavy atom. The zero-order valence-corrected chi connectivity index (χ0v) is 7.95. The zero-order valence-electron chi connectivity index (χ0n) is 7.13. The fourth-order valence-corrected chi connectivity index (χ4v) is 1.98. The summed E-state index contributed by atoms with van der Waals surface area (Å²) in [4.78, 5) is 1.44. The van der Waals surface area contributed by atoms with E-state index in [1.807, 2.05) is 11.8 Å². The Labute approximate surface area is 73.0 Å². The maximum Gasteiger partial charge on any atom is 0.0104 e. The lowest BCUT2D eigenvalue weighted by Crippen LogP contribution is -1.83. The fourth-order valence-electron chi connectivity index (χ4n) is 1.09. The normalized spacial score (nSPS) is 10.0. The molecule has 0 aromatic heterocycles. The van der Waals surface area contributed by atoms with Crippen molar-refractivity contribution in [3.05, 3.63) is 29.8 Å². The minimum Gasteiger partial charge on any atom is -0.126 e. The van der Waals surface area contributed by atoms with Gasteiger partial charge in [0.05, 0.1) is 0 Å². The van der Waals surface area contributed by atoms with Crippen molar-refractivity contribution in [2.45, 2.75) is 25.2 Å². The van der Waals surface area contributed by atoms with E-state index in [9.17, 15) is 0 Å². The molecule has 1 aromatic rings. The van der Waals surface area contributed by atoms with Gasteiger partial charge in [-0.1, -0.05) is 32.0 Å². The Bertz CT molecular complexity index is 218. The number of hydrogen-bond acceptors (Lipinski definition) is 1. The molecule has 0 unspecified atom stereocenters. The van der Waals surface area contributed by atoms with Crippen LogP contribution in [0.5, 0.6) is 0 Å². The first-order valence-electron chi connectivity index (χ1n) is 4.09. The van der Waals surface area contributed by atoms with Gasteiger partial charge in [-0.05, 0) is 23.8 Å². The molecule has 0 heterocycles. The third-order valence-corrected chi connectivity index (χ3v) is 2.65. The van der Waals surface area contributed by atoms with E-state index in [-0.39, 0.29) is 0 Å². The van der Waals surface area contributed by atoms with E-state index in [2.05, 4.69) is 38.1 Å². The molecule has 0 atom stereocenters. The summed E-state index contributed by atoms with van der Waals surface area (Å²) in [6, 6.07) is 8.63. The van der Waals surface area contributed by atoms with Crippen LogP contribution < -0.4 is 0 Å². The SMILES string of the molecule is CCSc1ccccc1CC. The van der Waals surface area contributed by atoms with E-state index >= 15 is 0 Å². The molecule has 0 aliphatic rings. The van der Waals surface area contributed by atoms with Gasteiger partial charge in [0.15, 0.2) is 0 Å². The van der Waals surface area contributed by atoms with Crippen LogP contribution in [0.25, 0.3) is 0 Å². The first-order valence-corrected chi connectivity index (χ1v) is 5.07. The van der Waals surface area contributed by atoms with E-state index in [0.717, 1.165) is 12.2 Å². The summed E-state index contributed by atoms with van der Waals surface area (Å²) in [5, 5.41) is 0. The summed E-state index contributed by atoms with van der Waals surface area (Å²) in [6.45, 7) is 4.39. The minimum atomic E-state index is 1.14. The van der Waals surface area contributed by atoms with Gasteiger partial charge in [-0.25, -0.2) is 0 Å². The molecular weight excluding hydrogens is 152 g/mol. The van der Waals surface area contributed by atoms with E-state index in [4.69, 9.17) is 0 Å². The molecule has 0 radical (unpaired) electrons. The predicted octanol–water partition coefficient (Wildman–Crippen LogP) is 3.36. The Hall–Kier alpha value is -0.430. The number of hydrogen-bond donors (Lipinski definition) is 0. The molecule has 0 saturated heterocycles. The molecule has 0 N–H and O–H groups in total. The van der Waals surface area contributed by atoms with Gasteiger partial charge in [0.2, 0.25) is 0 Å². The van der Waals surface area contributed by atoms with Crippen LogP contribution in [-0.4, -0.2) is 5.75 Å². The molecule has 60 valence electrons. The molecule has 11 heavy (non-hydrogen) atoms. The maximum absolute atomic E-state index is 2.21. The van der Waals surface area contributed by atoms with Crippen LogP contribution in [-0.2, 0) is 6.42 Å². The van der Waals surface area contributed by atoms with Crippen molar-refractivity contribution in [3.8, 4) is 0 Å². The molecule has 0 aliphatic heterocycles. The number of rotatable bonds is 3. The van der Waals surface area contributed by atoms with Crippen molar-refractivity contribution in [3.63, 3.8) is 0 Å². The second-order valence-corrected chi connectivity index (χ2v) is 3.70. The molecule has 0 fully saturated rings. The molecular formula is C10H14S. The van der Waals surface area contributed by atoms with Crippen molar-refractivity contribution in [1.82, 2.24) is 0 Å². The predicted molar refractivity (Wildman–Crippen MR) is 52.2 cm³/mol. The highest BCUT2D eigenvalue weighted by Gasteiger charge is 1.96. The van der Waals surface area contributed by atoms with Crippen molar-refractivity contribution >= 4 is 11.8 Å². The van der Waals surface area contributed by atoms with Crippen LogP contribution >= 0.6 is 11.8 Å². The molecule has 1 heteroatoms. The van der Waals surface area contributed by atoms with Crippen LogP contribution in [0.15, 0.2) is 29.2 Å². The average molecular weight is 166 g/mol. The second kappa shape index (κ2) is 4.45. The summed E-state index contributed by atoms with van der Waals surface area (Å²) in [7, 11) is 0. The third-order valence-electron chi connectivity index (χ3n) is 1.65. The van der Waals surface area contributed by atoms with Crippen molar-refractivity contribution in [1.29, 1.82) is 0 Å². The van der Waals surface area contributed by atoms with Crippen LogP contribution in [0.1, 0.15) is 19.4 Å². The summed E-state index contributed by atoms with van der Waals surface area (Å²) >= 11 is 1.93. The molecule has 0 amide bonds. The molecule has 0 aliphatic carbocycles. The lowest BCUT2D eigenvalue weighted by molar-refractivity contribution is 1.08. The second-order valence-electron chi connectivity index (χ2n) is 2.39. The van der Waals surface area contributed by atoms with Gasteiger partial charge >= 0.3 is 0 Å². The highest BCUT2D eigenvalue weighted by Crippen LogP contribution is 2.22. The molecule has 0 nitrogen and oxygen atoms in total. The zero-order chi connectivity index (χ0) is 8.10. The summed E-state index contributed by atoms with van der Waals surface area (Å²) in [5.74, 6) is 1.16. The summed E-state index contributed by atoms with van der Waals surface area (Å²) in [6.07, 6.45) is 1.14. The number of aryl methyl sites for hydroxylation is 1. The lowest BCUT2D eigenvalue weighted by Gasteiger charge is -2.03.